The number of hydrogen-bond acceptors (Lipinski definition) is 5. The molecule has 0 amide bonds. The summed E-state index contributed by atoms with van der Waals surface area (Å²) in [5, 5.41) is 16.0. The molecule has 6 nitrogen and oxygen atoms in total. The van der Waals surface area contributed by atoms with Crippen LogP contribution in [0.2, 0.25) is 0 Å². The number of aromatic nitrogens is 4. The highest BCUT2D eigenvalue weighted by Gasteiger charge is 2.15. The van der Waals surface area contributed by atoms with Crippen molar-refractivity contribution in [2.45, 2.75) is 45.8 Å². The Hall–Kier alpha value is -2.47. The van der Waals surface area contributed by atoms with Gasteiger partial charge in [-0.05, 0) is 31.9 Å². The molecule has 3 rings (SSSR count). The molecule has 0 aliphatic heterocycles. The third kappa shape index (κ3) is 4.08. The second-order valence-corrected chi connectivity index (χ2v) is 6.16. The first-order valence-electron chi connectivity index (χ1n) is 8.21. The first-order chi connectivity index (χ1) is 11.6. The summed E-state index contributed by atoms with van der Waals surface area (Å²) in [4.78, 5) is 0. The van der Waals surface area contributed by atoms with Crippen LogP contribution in [0.5, 0.6) is 0 Å². The minimum absolute atomic E-state index is 0.230. The van der Waals surface area contributed by atoms with E-state index in [1.54, 1.807) is 0 Å². The lowest BCUT2D eigenvalue weighted by atomic mass is 10.1. The molecule has 0 aliphatic carbocycles. The molecule has 1 aromatic carbocycles. The lowest BCUT2D eigenvalue weighted by Crippen LogP contribution is -2.33. The van der Waals surface area contributed by atoms with Crippen molar-refractivity contribution in [3.05, 3.63) is 65.6 Å². The SMILES string of the molecule is Cc1cnn([C@H](C)[C@H](C)NCc2nnc(Cc3ccccc3)o2)c1. The van der Waals surface area contributed by atoms with Gasteiger partial charge >= 0.3 is 0 Å². The molecule has 1 N–H and O–H groups in total. The van der Waals surface area contributed by atoms with Crippen molar-refractivity contribution in [2.75, 3.05) is 0 Å². The number of nitrogens with zero attached hydrogens (tertiary/aromatic N) is 4. The predicted octanol–water partition coefficient (Wildman–Crippen LogP) is 2.90. The molecule has 0 unspecified atom stereocenters. The first-order valence-corrected chi connectivity index (χ1v) is 8.21. The van der Waals surface area contributed by atoms with Crippen molar-refractivity contribution in [1.29, 1.82) is 0 Å². The van der Waals surface area contributed by atoms with Crippen LogP contribution in [0.4, 0.5) is 0 Å². The maximum Gasteiger partial charge on any atom is 0.230 e. The molecular formula is C18H23N5O. The molecule has 2 aromatic heterocycles. The van der Waals surface area contributed by atoms with Crippen LogP contribution < -0.4 is 5.32 Å². The zero-order valence-corrected chi connectivity index (χ0v) is 14.3. The van der Waals surface area contributed by atoms with Gasteiger partial charge < -0.3 is 9.73 Å². The van der Waals surface area contributed by atoms with Crippen LogP contribution in [-0.4, -0.2) is 26.0 Å². The second kappa shape index (κ2) is 7.40. The van der Waals surface area contributed by atoms with Crippen molar-refractivity contribution < 1.29 is 4.42 Å². The fourth-order valence-electron chi connectivity index (χ4n) is 2.51. The van der Waals surface area contributed by atoms with Crippen LogP contribution in [-0.2, 0) is 13.0 Å². The Morgan fingerprint density at radius 2 is 1.88 bits per heavy atom. The average molecular weight is 325 g/mol. The van der Waals surface area contributed by atoms with E-state index in [9.17, 15) is 0 Å². The van der Waals surface area contributed by atoms with Crippen molar-refractivity contribution in [3.8, 4) is 0 Å². The number of hydrogen-bond donors (Lipinski definition) is 1. The molecule has 3 aromatic rings. The standard InChI is InChI=1S/C18H23N5O/c1-13-10-20-23(12-13)15(3)14(2)19-11-18-22-21-17(24-18)9-16-7-5-4-6-8-16/h4-8,10,12,14-15,19H,9,11H2,1-3H3/t14-,15+/m0/s1. The molecule has 0 spiro atoms. The molecule has 0 aliphatic rings. The molecule has 0 fully saturated rings. The molecule has 126 valence electrons. The van der Waals surface area contributed by atoms with Crippen molar-refractivity contribution in [3.63, 3.8) is 0 Å². The molecular weight excluding hydrogens is 302 g/mol. The Labute approximate surface area is 141 Å². The Balaban J connectivity index is 1.53. The van der Waals surface area contributed by atoms with Gasteiger partial charge in [-0.25, -0.2) is 0 Å². The zero-order chi connectivity index (χ0) is 16.9. The molecule has 6 heteroatoms. The zero-order valence-electron chi connectivity index (χ0n) is 14.3. The fraction of sp³-hybridized carbons (Fsp3) is 0.389. The number of nitrogens with one attached hydrogen (secondary N) is 1. The second-order valence-electron chi connectivity index (χ2n) is 6.16. The average Bonchev–Trinajstić information content (AvgIpc) is 3.22. The summed E-state index contributed by atoms with van der Waals surface area (Å²) in [7, 11) is 0. The number of rotatable bonds is 7. The maximum atomic E-state index is 5.72. The Kier molecular flexibility index (Phi) is 5.05. The number of aryl methyl sites for hydroxylation is 1. The van der Waals surface area contributed by atoms with Crippen LogP contribution in [0, 0.1) is 6.92 Å². The predicted molar refractivity (Wildman–Crippen MR) is 91.5 cm³/mol. The first kappa shape index (κ1) is 16.4. The molecule has 0 saturated heterocycles. The van der Waals surface area contributed by atoms with Gasteiger partial charge in [0.05, 0.1) is 25.2 Å². The maximum absolute atomic E-state index is 5.72. The fourth-order valence-corrected chi connectivity index (χ4v) is 2.51. The van der Waals surface area contributed by atoms with E-state index in [0.717, 1.165) is 11.1 Å². The highest BCUT2D eigenvalue weighted by atomic mass is 16.4. The summed E-state index contributed by atoms with van der Waals surface area (Å²) in [6.45, 7) is 6.86. The molecule has 2 atom stereocenters. The Morgan fingerprint density at radius 3 is 2.58 bits per heavy atom. The van der Waals surface area contributed by atoms with Gasteiger partial charge in [-0.15, -0.1) is 10.2 Å². The van der Waals surface area contributed by atoms with Crippen molar-refractivity contribution in [2.24, 2.45) is 0 Å². The van der Waals surface area contributed by atoms with Gasteiger partial charge in [0, 0.05) is 12.2 Å². The van der Waals surface area contributed by atoms with Gasteiger partial charge in [-0.1, -0.05) is 30.3 Å². The van der Waals surface area contributed by atoms with Crippen LogP contribution >= 0.6 is 0 Å². The normalized spacial score (nSPS) is 13.8. The van der Waals surface area contributed by atoms with Gasteiger partial charge in [0.15, 0.2) is 0 Å². The monoisotopic (exact) mass is 325 g/mol. The van der Waals surface area contributed by atoms with Crippen LogP contribution in [0.15, 0.2) is 47.1 Å². The van der Waals surface area contributed by atoms with E-state index in [1.165, 1.54) is 0 Å². The minimum Gasteiger partial charge on any atom is -0.424 e. The topological polar surface area (TPSA) is 68.8 Å². The van der Waals surface area contributed by atoms with E-state index in [-0.39, 0.29) is 12.1 Å². The molecule has 0 saturated carbocycles. The summed E-state index contributed by atoms with van der Waals surface area (Å²) >= 11 is 0. The number of benzene rings is 1. The highest BCUT2D eigenvalue weighted by molar-refractivity contribution is 5.17. The third-order valence-corrected chi connectivity index (χ3v) is 4.15. The van der Waals surface area contributed by atoms with Gasteiger partial charge in [-0.2, -0.15) is 5.10 Å². The van der Waals surface area contributed by atoms with E-state index >= 15 is 0 Å². The quantitative estimate of drug-likeness (QED) is 0.723. The molecule has 2 heterocycles. The Morgan fingerprint density at radius 1 is 1.12 bits per heavy atom. The van der Waals surface area contributed by atoms with Crippen LogP contribution in [0.25, 0.3) is 0 Å². The largest absolute Gasteiger partial charge is 0.424 e. The minimum atomic E-state index is 0.230. The highest BCUT2D eigenvalue weighted by Crippen LogP contribution is 2.12. The van der Waals surface area contributed by atoms with E-state index in [1.807, 2.05) is 42.2 Å². The summed E-state index contributed by atoms with van der Waals surface area (Å²) in [5.74, 6) is 1.25. The molecule has 24 heavy (non-hydrogen) atoms. The van der Waals surface area contributed by atoms with Crippen molar-refractivity contribution >= 4 is 0 Å². The Bertz CT molecular complexity index is 765. The van der Waals surface area contributed by atoms with Gasteiger partial charge in [0.25, 0.3) is 0 Å². The molecule has 0 bridgehead atoms. The summed E-state index contributed by atoms with van der Waals surface area (Å²) in [6, 6.07) is 10.6. The van der Waals surface area contributed by atoms with E-state index in [4.69, 9.17) is 4.42 Å². The summed E-state index contributed by atoms with van der Waals surface area (Å²) in [5.41, 5.74) is 2.33. The van der Waals surface area contributed by atoms with Crippen molar-refractivity contribution in [1.82, 2.24) is 25.3 Å². The lowest BCUT2D eigenvalue weighted by Gasteiger charge is -2.21. The van der Waals surface area contributed by atoms with E-state index in [0.29, 0.717) is 24.7 Å². The summed E-state index contributed by atoms with van der Waals surface area (Å²) in [6.07, 6.45) is 4.58. The van der Waals surface area contributed by atoms with Crippen LogP contribution in [0.1, 0.15) is 42.8 Å². The van der Waals surface area contributed by atoms with E-state index in [2.05, 4.69) is 46.6 Å². The van der Waals surface area contributed by atoms with E-state index < -0.39 is 0 Å². The lowest BCUT2D eigenvalue weighted by molar-refractivity contribution is 0.344. The van der Waals surface area contributed by atoms with Gasteiger partial charge in [0.2, 0.25) is 11.8 Å². The smallest absolute Gasteiger partial charge is 0.230 e. The third-order valence-electron chi connectivity index (χ3n) is 4.15. The van der Waals surface area contributed by atoms with Gasteiger partial charge in [0.1, 0.15) is 0 Å². The summed E-state index contributed by atoms with van der Waals surface area (Å²) < 4.78 is 7.69. The van der Waals surface area contributed by atoms with Gasteiger partial charge in [-0.3, -0.25) is 4.68 Å². The molecule has 0 radical (unpaired) electrons. The van der Waals surface area contributed by atoms with Crippen LogP contribution in [0.3, 0.4) is 0 Å².